The van der Waals surface area contributed by atoms with Gasteiger partial charge in [0.15, 0.2) is 0 Å². The second-order valence-corrected chi connectivity index (χ2v) is 5.37. The Kier molecular flexibility index (Phi) is 4.46. The van der Waals surface area contributed by atoms with E-state index >= 15 is 0 Å². The van der Waals surface area contributed by atoms with Crippen molar-refractivity contribution in [1.82, 2.24) is 0 Å². The standard InChI is InChI=1S/C13H19ClN2O2/c1-13(2,12(17)18-4)8-16(3)11-7-9(14)5-6-10(11)15/h5-7H,8,15H2,1-4H3. The number of rotatable bonds is 4. The number of carbonyl (C=O) groups is 1. The molecule has 0 atom stereocenters. The smallest absolute Gasteiger partial charge is 0.313 e. The van der Waals surface area contributed by atoms with Crippen molar-refractivity contribution in [3.05, 3.63) is 23.2 Å². The molecule has 0 unspecified atom stereocenters. The maximum atomic E-state index is 11.6. The second-order valence-electron chi connectivity index (χ2n) is 4.93. The third-order valence-corrected chi connectivity index (χ3v) is 3.01. The van der Waals surface area contributed by atoms with Gasteiger partial charge in [0.25, 0.3) is 0 Å². The minimum absolute atomic E-state index is 0.255. The number of hydrogen-bond acceptors (Lipinski definition) is 4. The van der Waals surface area contributed by atoms with E-state index in [1.54, 1.807) is 18.2 Å². The molecule has 5 heteroatoms. The zero-order valence-corrected chi connectivity index (χ0v) is 11.9. The van der Waals surface area contributed by atoms with Crippen molar-refractivity contribution >= 4 is 28.9 Å². The van der Waals surface area contributed by atoms with Crippen LogP contribution in [0.25, 0.3) is 0 Å². The summed E-state index contributed by atoms with van der Waals surface area (Å²) in [5.74, 6) is -0.255. The minimum atomic E-state index is -0.613. The Balaban J connectivity index is 2.91. The molecule has 18 heavy (non-hydrogen) atoms. The first-order chi connectivity index (χ1) is 8.27. The molecular formula is C13H19ClN2O2. The Morgan fingerprint density at radius 3 is 2.67 bits per heavy atom. The lowest BCUT2D eigenvalue weighted by Gasteiger charge is -2.30. The number of esters is 1. The van der Waals surface area contributed by atoms with Crippen LogP contribution in [0.3, 0.4) is 0 Å². The molecule has 0 radical (unpaired) electrons. The fourth-order valence-corrected chi connectivity index (χ4v) is 2.03. The number of carbonyl (C=O) groups excluding carboxylic acids is 1. The zero-order chi connectivity index (χ0) is 13.9. The average molecular weight is 271 g/mol. The summed E-state index contributed by atoms with van der Waals surface area (Å²) in [6, 6.07) is 5.27. The largest absolute Gasteiger partial charge is 0.469 e. The lowest BCUT2D eigenvalue weighted by atomic mass is 9.93. The van der Waals surface area contributed by atoms with E-state index in [0.717, 1.165) is 5.69 Å². The number of anilines is 2. The van der Waals surface area contributed by atoms with E-state index in [2.05, 4.69) is 0 Å². The molecule has 0 aliphatic rings. The summed E-state index contributed by atoms with van der Waals surface area (Å²) in [7, 11) is 3.25. The van der Waals surface area contributed by atoms with Crippen LogP contribution in [0.2, 0.25) is 5.02 Å². The van der Waals surface area contributed by atoms with Crippen molar-refractivity contribution < 1.29 is 9.53 Å². The lowest BCUT2D eigenvalue weighted by molar-refractivity contribution is -0.150. The first kappa shape index (κ1) is 14.6. The van der Waals surface area contributed by atoms with E-state index in [9.17, 15) is 4.79 Å². The highest BCUT2D eigenvalue weighted by atomic mass is 35.5. The molecule has 0 bridgehead atoms. The first-order valence-corrected chi connectivity index (χ1v) is 6.00. The van der Waals surface area contributed by atoms with E-state index in [1.165, 1.54) is 7.11 Å². The molecule has 0 spiro atoms. The van der Waals surface area contributed by atoms with E-state index in [-0.39, 0.29) is 5.97 Å². The van der Waals surface area contributed by atoms with Crippen molar-refractivity contribution in [1.29, 1.82) is 0 Å². The van der Waals surface area contributed by atoms with Gasteiger partial charge in [-0.1, -0.05) is 11.6 Å². The highest BCUT2D eigenvalue weighted by molar-refractivity contribution is 6.31. The predicted molar refractivity (Wildman–Crippen MR) is 74.9 cm³/mol. The fraction of sp³-hybridized carbons (Fsp3) is 0.462. The monoisotopic (exact) mass is 270 g/mol. The van der Waals surface area contributed by atoms with Crippen LogP contribution in [-0.2, 0) is 9.53 Å². The van der Waals surface area contributed by atoms with Gasteiger partial charge < -0.3 is 15.4 Å². The maximum absolute atomic E-state index is 11.6. The summed E-state index contributed by atoms with van der Waals surface area (Å²) >= 11 is 5.95. The van der Waals surface area contributed by atoms with Crippen molar-refractivity contribution in [2.24, 2.45) is 5.41 Å². The van der Waals surface area contributed by atoms with E-state index in [0.29, 0.717) is 17.3 Å². The van der Waals surface area contributed by atoms with Crippen LogP contribution in [0.1, 0.15) is 13.8 Å². The van der Waals surface area contributed by atoms with E-state index in [4.69, 9.17) is 22.1 Å². The van der Waals surface area contributed by atoms with Crippen LogP contribution < -0.4 is 10.6 Å². The van der Waals surface area contributed by atoms with Gasteiger partial charge in [-0.15, -0.1) is 0 Å². The molecule has 1 aromatic carbocycles. The molecule has 0 saturated heterocycles. The normalized spacial score (nSPS) is 11.2. The molecule has 0 aliphatic heterocycles. The molecule has 0 saturated carbocycles. The number of halogens is 1. The van der Waals surface area contributed by atoms with Crippen LogP contribution in [0.15, 0.2) is 18.2 Å². The predicted octanol–water partition coefficient (Wildman–Crippen LogP) is 2.56. The van der Waals surface area contributed by atoms with Crippen LogP contribution in [0.4, 0.5) is 11.4 Å². The average Bonchev–Trinajstić information content (AvgIpc) is 2.30. The van der Waals surface area contributed by atoms with Gasteiger partial charge in [0.1, 0.15) is 0 Å². The van der Waals surface area contributed by atoms with Crippen molar-refractivity contribution in [2.45, 2.75) is 13.8 Å². The number of ether oxygens (including phenoxy) is 1. The molecule has 1 aromatic rings. The summed E-state index contributed by atoms with van der Waals surface area (Å²) < 4.78 is 4.78. The summed E-state index contributed by atoms with van der Waals surface area (Å²) in [4.78, 5) is 13.5. The molecule has 2 N–H and O–H groups in total. The number of methoxy groups -OCH3 is 1. The molecule has 0 fully saturated rings. The van der Waals surface area contributed by atoms with Crippen molar-refractivity contribution in [3.63, 3.8) is 0 Å². The molecular weight excluding hydrogens is 252 g/mol. The molecule has 0 aromatic heterocycles. The van der Waals surface area contributed by atoms with Crippen LogP contribution >= 0.6 is 11.6 Å². The lowest BCUT2D eigenvalue weighted by Crippen LogP contribution is -2.38. The quantitative estimate of drug-likeness (QED) is 0.675. The molecule has 0 heterocycles. The Morgan fingerprint density at radius 1 is 1.50 bits per heavy atom. The minimum Gasteiger partial charge on any atom is -0.469 e. The van der Waals surface area contributed by atoms with Crippen LogP contribution in [0, 0.1) is 5.41 Å². The second kappa shape index (κ2) is 5.48. The summed E-state index contributed by atoms with van der Waals surface area (Å²) in [5, 5.41) is 0.613. The van der Waals surface area contributed by atoms with E-state index in [1.807, 2.05) is 25.8 Å². The Labute approximate surface area is 113 Å². The zero-order valence-electron chi connectivity index (χ0n) is 11.2. The molecule has 4 nitrogen and oxygen atoms in total. The van der Waals surface area contributed by atoms with Crippen molar-refractivity contribution in [3.8, 4) is 0 Å². The Hall–Kier alpha value is -1.42. The summed E-state index contributed by atoms with van der Waals surface area (Å²) in [5.41, 5.74) is 6.72. The number of benzene rings is 1. The molecule has 0 aliphatic carbocycles. The summed E-state index contributed by atoms with van der Waals surface area (Å²) in [6.45, 7) is 4.15. The van der Waals surface area contributed by atoms with Gasteiger partial charge in [-0.2, -0.15) is 0 Å². The summed E-state index contributed by atoms with van der Waals surface area (Å²) in [6.07, 6.45) is 0. The van der Waals surface area contributed by atoms with Gasteiger partial charge in [-0.25, -0.2) is 0 Å². The fourth-order valence-electron chi connectivity index (χ4n) is 1.87. The van der Waals surface area contributed by atoms with E-state index < -0.39 is 5.41 Å². The number of nitrogen functional groups attached to an aromatic ring is 1. The molecule has 0 amide bonds. The van der Waals surface area contributed by atoms with Crippen LogP contribution in [0.5, 0.6) is 0 Å². The molecule has 100 valence electrons. The van der Waals surface area contributed by atoms with Gasteiger partial charge in [-0.05, 0) is 32.0 Å². The number of nitrogens with two attached hydrogens (primary N) is 1. The van der Waals surface area contributed by atoms with Gasteiger partial charge in [0.05, 0.1) is 23.9 Å². The van der Waals surface area contributed by atoms with Crippen molar-refractivity contribution in [2.75, 3.05) is 31.3 Å². The van der Waals surface area contributed by atoms with Crippen LogP contribution in [-0.4, -0.2) is 26.7 Å². The maximum Gasteiger partial charge on any atom is 0.313 e. The Bertz CT molecular complexity index is 447. The molecule has 1 rings (SSSR count). The Morgan fingerprint density at radius 2 is 2.11 bits per heavy atom. The third-order valence-electron chi connectivity index (χ3n) is 2.77. The first-order valence-electron chi connectivity index (χ1n) is 5.62. The van der Waals surface area contributed by atoms with Gasteiger partial charge in [0.2, 0.25) is 0 Å². The van der Waals surface area contributed by atoms with Gasteiger partial charge in [0, 0.05) is 18.6 Å². The topological polar surface area (TPSA) is 55.6 Å². The highest BCUT2D eigenvalue weighted by Gasteiger charge is 2.30. The van der Waals surface area contributed by atoms with Gasteiger partial charge in [-0.3, -0.25) is 4.79 Å². The SMILES string of the molecule is COC(=O)C(C)(C)CN(C)c1cc(Cl)ccc1N. The highest BCUT2D eigenvalue weighted by Crippen LogP contribution is 2.29. The third kappa shape index (κ3) is 3.29. The number of nitrogens with zero attached hydrogens (tertiary/aromatic N) is 1. The van der Waals surface area contributed by atoms with Gasteiger partial charge >= 0.3 is 5.97 Å². The number of hydrogen-bond donors (Lipinski definition) is 1.